The van der Waals surface area contributed by atoms with Gasteiger partial charge in [0, 0.05) is 12.5 Å². The Labute approximate surface area is 136 Å². The summed E-state index contributed by atoms with van der Waals surface area (Å²) in [6, 6.07) is 7.54. The number of aromatic amines is 1. The van der Waals surface area contributed by atoms with E-state index in [-0.39, 0.29) is 17.2 Å². The standard InChI is InChI=1S/C15H15F2N3O4/c1-23-13-9-10(4-5-12(13)24-15(16)17)6-8-19-14-11(20(21)22)3-2-7-18-14/h2-5,7,9,15H,6,8H2,1H3,(H,18,19)/p+1. The Bertz CT molecular complexity index is 713. The number of halogens is 2. The van der Waals surface area contributed by atoms with Gasteiger partial charge in [0.25, 0.3) is 0 Å². The monoisotopic (exact) mass is 340 g/mol. The molecule has 128 valence electrons. The lowest BCUT2D eigenvalue weighted by atomic mass is 10.1. The van der Waals surface area contributed by atoms with E-state index >= 15 is 0 Å². The lowest BCUT2D eigenvalue weighted by molar-refractivity contribution is -0.409. The molecule has 0 spiro atoms. The number of nitrogens with one attached hydrogen (secondary N) is 2. The van der Waals surface area contributed by atoms with Gasteiger partial charge in [-0.15, -0.1) is 0 Å². The minimum Gasteiger partial charge on any atom is -0.493 e. The van der Waals surface area contributed by atoms with Crippen LogP contribution in [0, 0.1) is 10.1 Å². The van der Waals surface area contributed by atoms with Gasteiger partial charge in [0.2, 0.25) is 0 Å². The Hall–Kier alpha value is -2.97. The second-order valence-corrected chi connectivity index (χ2v) is 4.73. The van der Waals surface area contributed by atoms with Gasteiger partial charge in [-0.05, 0) is 23.8 Å². The van der Waals surface area contributed by atoms with Crippen molar-refractivity contribution in [2.75, 3.05) is 19.0 Å². The molecular formula is C15H16F2N3O4+. The highest BCUT2D eigenvalue weighted by atomic mass is 19.3. The van der Waals surface area contributed by atoms with Gasteiger partial charge in [0.1, 0.15) is 0 Å². The molecule has 0 radical (unpaired) electrons. The number of H-pyrrole nitrogens is 1. The number of hydrogen-bond acceptors (Lipinski definition) is 5. The predicted molar refractivity (Wildman–Crippen MR) is 81.5 cm³/mol. The third kappa shape index (κ3) is 4.51. The second-order valence-electron chi connectivity index (χ2n) is 4.73. The Morgan fingerprint density at radius 3 is 2.79 bits per heavy atom. The number of alkyl halides is 2. The molecule has 0 aliphatic heterocycles. The lowest BCUT2D eigenvalue weighted by Crippen LogP contribution is -2.16. The van der Waals surface area contributed by atoms with Crippen LogP contribution in [0.1, 0.15) is 5.56 Å². The number of anilines is 1. The van der Waals surface area contributed by atoms with E-state index in [1.54, 1.807) is 18.3 Å². The van der Waals surface area contributed by atoms with E-state index in [1.807, 2.05) is 0 Å². The summed E-state index contributed by atoms with van der Waals surface area (Å²) in [6.07, 6.45) is 2.08. The van der Waals surface area contributed by atoms with Gasteiger partial charge in [-0.3, -0.25) is 15.4 Å². The van der Waals surface area contributed by atoms with Crippen molar-refractivity contribution in [3.63, 3.8) is 0 Å². The minimum absolute atomic E-state index is 0.0451. The molecule has 1 aromatic carbocycles. The third-order valence-electron chi connectivity index (χ3n) is 3.19. The highest BCUT2D eigenvalue weighted by molar-refractivity contribution is 5.51. The van der Waals surface area contributed by atoms with E-state index < -0.39 is 11.5 Å². The van der Waals surface area contributed by atoms with Gasteiger partial charge in [0.15, 0.2) is 11.5 Å². The summed E-state index contributed by atoms with van der Waals surface area (Å²) in [5, 5.41) is 13.9. The van der Waals surface area contributed by atoms with Gasteiger partial charge in [-0.25, -0.2) is 4.98 Å². The molecule has 9 heteroatoms. The van der Waals surface area contributed by atoms with Crippen molar-refractivity contribution < 1.29 is 28.2 Å². The smallest absolute Gasteiger partial charge is 0.387 e. The molecule has 1 heterocycles. The van der Waals surface area contributed by atoms with Crippen LogP contribution in [0.5, 0.6) is 11.5 Å². The fourth-order valence-corrected chi connectivity index (χ4v) is 2.11. The molecule has 0 atom stereocenters. The Morgan fingerprint density at radius 1 is 1.33 bits per heavy atom. The third-order valence-corrected chi connectivity index (χ3v) is 3.19. The van der Waals surface area contributed by atoms with Crippen LogP contribution in [0.4, 0.5) is 20.3 Å². The fourth-order valence-electron chi connectivity index (χ4n) is 2.11. The molecule has 0 fully saturated rings. The summed E-state index contributed by atoms with van der Waals surface area (Å²) in [4.78, 5) is 13.2. The van der Waals surface area contributed by atoms with Gasteiger partial charge in [0.05, 0.1) is 24.8 Å². The quantitative estimate of drug-likeness (QED) is 0.590. The first kappa shape index (κ1) is 17.4. The molecule has 0 bridgehead atoms. The highest BCUT2D eigenvalue weighted by Gasteiger charge is 2.19. The molecule has 0 unspecified atom stereocenters. The maximum absolute atomic E-state index is 12.3. The van der Waals surface area contributed by atoms with Gasteiger partial charge < -0.3 is 9.47 Å². The SMILES string of the molecule is COc1cc(CCNc2[nH+]cccc2[N+](=O)[O-])ccc1OC(F)F. The first-order chi connectivity index (χ1) is 11.5. The van der Waals surface area contributed by atoms with Crippen LogP contribution < -0.4 is 19.8 Å². The van der Waals surface area contributed by atoms with Crippen LogP contribution in [0.3, 0.4) is 0 Å². The topological polar surface area (TPSA) is 87.8 Å². The maximum atomic E-state index is 12.3. The summed E-state index contributed by atoms with van der Waals surface area (Å²) in [6.45, 7) is -2.53. The predicted octanol–water partition coefficient (Wildman–Crippen LogP) is 2.67. The van der Waals surface area contributed by atoms with E-state index in [2.05, 4.69) is 15.0 Å². The number of pyridine rings is 1. The molecule has 0 aliphatic rings. The molecule has 0 saturated carbocycles. The van der Waals surface area contributed by atoms with Crippen LogP contribution >= 0.6 is 0 Å². The number of ether oxygens (including phenoxy) is 2. The summed E-state index contributed by atoms with van der Waals surface area (Å²) in [5.41, 5.74) is 0.746. The van der Waals surface area contributed by atoms with Gasteiger partial charge >= 0.3 is 18.1 Å². The second kappa shape index (κ2) is 8.04. The normalized spacial score (nSPS) is 10.5. The van der Waals surface area contributed by atoms with E-state index in [4.69, 9.17) is 4.74 Å². The van der Waals surface area contributed by atoms with Crippen molar-refractivity contribution >= 4 is 11.5 Å². The molecule has 24 heavy (non-hydrogen) atoms. The molecule has 2 N–H and O–H groups in total. The molecule has 2 aromatic rings. The van der Waals surface area contributed by atoms with Crippen LogP contribution in [0.25, 0.3) is 0 Å². The molecule has 1 aromatic heterocycles. The summed E-state index contributed by atoms with van der Waals surface area (Å²) >= 11 is 0. The maximum Gasteiger partial charge on any atom is 0.387 e. The molecule has 0 amide bonds. The van der Waals surface area contributed by atoms with E-state index in [9.17, 15) is 18.9 Å². The van der Waals surface area contributed by atoms with Gasteiger partial charge in [-0.2, -0.15) is 8.78 Å². The largest absolute Gasteiger partial charge is 0.493 e. The van der Waals surface area contributed by atoms with E-state index in [1.165, 1.54) is 25.3 Å². The van der Waals surface area contributed by atoms with Crippen molar-refractivity contribution in [2.24, 2.45) is 0 Å². The Kier molecular flexibility index (Phi) is 5.83. The summed E-state index contributed by atoms with van der Waals surface area (Å²) < 4.78 is 34.0. The van der Waals surface area contributed by atoms with Crippen molar-refractivity contribution in [3.05, 3.63) is 52.2 Å². The van der Waals surface area contributed by atoms with Crippen LogP contribution in [-0.4, -0.2) is 25.2 Å². The summed E-state index contributed by atoms with van der Waals surface area (Å²) in [7, 11) is 1.36. The number of nitrogens with zero attached hydrogens (tertiary/aromatic N) is 1. The Morgan fingerprint density at radius 2 is 2.12 bits per heavy atom. The van der Waals surface area contributed by atoms with E-state index in [0.29, 0.717) is 18.8 Å². The fraction of sp³-hybridized carbons (Fsp3) is 0.267. The van der Waals surface area contributed by atoms with Crippen LogP contribution in [0.15, 0.2) is 36.5 Å². The molecule has 0 saturated heterocycles. The zero-order valence-corrected chi connectivity index (χ0v) is 12.8. The number of benzene rings is 1. The van der Waals surface area contributed by atoms with Gasteiger partial charge in [-0.1, -0.05) is 6.07 Å². The zero-order chi connectivity index (χ0) is 17.5. The van der Waals surface area contributed by atoms with Crippen molar-refractivity contribution in [3.8, 4) is 11.5 Å². The van der Waals surface area contributed by atoms with Crippen molar-refractivity contribution in [1.82, 2.24) is 0 Å². The lowest BCUT2D eigenvalue weighted by Gasteiger charge is -2.11. The van der Waals surface area contributed by atoms with Crippen molar-refractivity contribution in [1.29, 1.82) is 0 Å². The number of nitro groups is 1. The molecule has 2 rings (SSSR count). The average Bonchev–Trinajstić information content (AvgIpc) is 2.56. The summed E-state index contributed by atoms with van der Waals surface area (Å²) in [5.74, 6) is 0.452. The van der Waals surface area contributed by atoms with E-state index in [0.717, 1.165) is 5.56 Å². The minimum atomic E-state index is -2.93. The van der Waals surface area contributed by atoms with Crippen molar-refractivity contribution in [2.45, 2.75) is 13.0 Å². The number of methoxy groups -OCH3 is 1. The zero-order valence-electron chi connectivity index (χ0n) is 12.8. The average molecular weight is 340 g/mol. The van der Waals surface area contributed by atoms with Crippen LogP contribution in [-0.2, 0) is 6.42 Å². The number of rotatable bonds is 8. The Balaban J connectivity index is 2.01. The first-order valence-electron chi connectivity index (χ1n) is 7.02. The highest BCUT2D eigenvalue weighted by Crippen LogP contribution is 2.29. The van der Waals surface area contributed by atoms with Crippen LogP contribution in [0.2, 0.25) is 0 Å². The first-order valence-corrected chi connectivity index (χ1v) is 7.02. The number of hydrogen-bond donors (Lipinski definition) is 1. The number of aromatic nitrogens is 1. The molecule has 0 aliphatic carbocycles. The molecule has 7 nitrogen and oxygen atoms in total. The molecular weight excluding hydrogens is 324 g/mol.